The maximum atomic E-state index is 4.65. The minimum atomic E-state index is 0.466. The van der Waals surface area contributed by atoms with E-state index >= 15 is 0 Å². The van der Waals surface area contributed by atoms with Crippen molar-refractivity contribution in [1.82, 2.24) is 10.6 Å². The Morgan fingerprint density at radius 2 is 2.00 bits per heavy atom. The van der Waals surface area contributed by atoms with Crippen molar-refractivity contribution in [1.29, 1.82) is 0 Å². The Morgan fingerprint density at radius 3 is 2.65 bits per heavy atom. The van der Waals surface area contributed by atoms with Crippen molar-refractivity contribution in [2.24, 2.45) is 4.99 Å². The Kier molecular flexibility index (Phi) is 9.41. The van der Waals surface area contributed by atoms with Crippen LogP contribution in [0.15, 0.2) is 40.2 Å². The van der Waals surface area contributed by atoms with Gasteiger partial charge in [0.15, 0.2) is 5.96 Å². The Hall–Kier alpha value is -0.810. The Bertz CT molecular complexity index is 382. The summed E-state index contributed by atoms with van der Waals surface area (Å²) in [5.74, 6) is 2.01. The van der Waals surface area contributed by atoms with Crippen LogP contribution in [-0.2, 0) is 0 Å². The maximum absolute atomic E-state index is 4.65. The van der Waals surface area contributed by atoms with Crippen molar-refractivity contribution >= 4 is 29.5 Å². The smallest absolute Gasteiger partial charge is 0.191 e. The molecule has 0 aliphatic heterocycles. The molecule has 1 atom stereocenters. The highest BCUT2D eigenvalue weighted by molar-refractivity contribution is 8.00. The van der Waals surface area contributed by atoms with Gasteiger partial charge in [0.1, 0.15) is 0 Å². The summed E-state index contributed by atoms with van der Waals surface area (Å²) < 4.78 is 0. The van der Waals surface area contributed by atoms with E-state index in [1.807, 2.05) is 29.6 Å². The zero-order valence-corrected chi connectivity index (χ0v) is 14.2. The average Bonchev–Trinajstić information content (AvgIpc) is 2.46. The highest BCUT2D eigenvalue weighted by Crippen LogP contribution is 2.22. The van der Waals surface area contributed by atoms with Crippen molar-refractivity contribution < 1.29 is 0 Å². The lowest BCUT2D eigenvalue weighted by Crippen LogP contribution is -2.38. The number of hydrogen-bond acceptors (Lipinski definition) is 3. The summed E-state index contributed by atoms with van der Waals surface area (Å²) >= 11 is 3.70. The Labute approximate surface area is 131 Å². The van der Waals surface area contributed by atoms with Gasteiger partial charge in [-0.2, -0.15) is 11.8 Å². The Morgan fingerprint density at radius 1 is 1.25 bits per heavy atom. The van der Waals surface area contributed by atoms with Crippen LogP contribution < -0.4 is 10.6 Å². The molecule has 0 aliphatic rings. The molecule has 112 valence electrons. The molecule has 20 heavy (non-hydrogen) atoms. The Balaban J connectivity index is 2.40. The standard InChI is InChI=1S/C15H25N3S2/c1-4-16-15(17-10-11-19-3)18-12-13(2)20-14-8-6-5-7-9-14/h5-9,13H,4,10-12H2,1-3H3,(H2,16,17,18). The SMILES string of the molecule is CCNC(=NCC(C)Sc1ccccc1)NCCSC. The molecule has 0 spiro atoms. The molecular weight excluding hydrogens is 286 g/mol. The molecule has 1 unspecified atom stereocenters. The predicted molar refractivity (Wildman–Crippen MR) is 94.1 cm³/mol. The fourth-order valence-corrected chi connectivity index (χ4v) is 2.84. The molecule has 1 rings (SSSR count). The normalized spacial score (nSPS) is 13.1. The van der Waals surface area contributed by atoms with E-state index in [4.69, 9.17) is 0 Å². The summed E-state index contributed by atoms with van der Waals surface area (Å²) in [7, 11) is 0. The number of hydrogen-bond donors (Lipinski definition) is 2. The van der Waals surface area contributed by atoms with Crippen LogP contribution >= 0.6 is 23.5 Å². The van der Waals surface area contributed by atoms with Crippen LogP contribution in [-0.4, -0.2) is 42.9 Å². The van der Waals surface area contributed by atoms with E-state index in [0.29, 0.717) is 5.25 Å². The average molecular weight is 312 g/mol. The maximum Gasteiger partial charge on any atom is 0.191 e. The number of thioether (sulfide) groups is 2. The minimum Gasteiger partial charge on any atom is -0.357 e. The molecule has 0 aromatic heterocycles. The minimum absolute atomic E-state index is 0.466. The van der Waals surface area contributed by atoms with Gasteiger partial charge in [0.25, 0.3) is 0 Å². The molecule has 0 bridgehead atoms. The lowest BCUT2D eigenvalue weighted by atomic mass is 10.4. The number of benzene rings is 1. The van der Waals surface area contributed by atoms with Gasteiger partial charge >= 0.3 is 0 Å². The zero-order chi connectivity index (χ0) is 14.6. The van der Waals surface area contributed by atoms with Gasteiger partial charge in [-0.05, 0) is 25.3 Å². The van der Waals surface area contributed by atoms with Gasteiger partial charge in [-0.1, -0.05) is 25.1 Å². The lowest BCUT2D eigenvalue weighted by Gasteiger charge is -2.13. The fraction of sp³-hybridized carbons (Fsp3) is 0.533. The van der Waals surface area contributed by atoms with Gasteiger partial charge in [-0.15, -0.1) is 11.8 Å². The molecule has 0 aliphatic carbocycles. The van der Waals surface area contributed by atoms with Crippen molar-refractivity contribution in [2.45, 2.75) is 24.0 Å². The topological polar surface area (TPSA) is 36.4 Å². The van der Waals surface area contributed by atoms with Crippen LogP contribution in [0.5, 0.6) is 0 Å². The number of aliphatic imine (C=N–C) groups is 1. The first-order valence-corrected chi connectivity index (χ1v) is 9.26. The molecule has 3 nitrogen and oxygen atoms in total. The number of guanidine groups is 1. The van der Waals surface area contributed by atoms with Crippen LogP contribution in [0.1, 0.15) is 13.8 Å². The molecule has 2 N–H and O–H groups in total. The van der Waals surface area contributed by atoms with E-state index in [1.54, 1.807) is 0 Å². The van der Waals surface area contributed by atoms with Crippen molar-refractivity contribution in [3.8, 4) is 0 Å². The van der Waals surface area contributed by atoms with Crippen LogP contribution in [0.2, 0.25) is 0 Å². The lowest BCUT2D eigenvalue weighted by molar-refractivity contribution is 0.834. The molecule has 5 heteroatoms. The van der Waals surface area contributed by atoms with Crippen LogP contribution in [0.3, 0.4) is 0 Å². The second kappa shape index (κ2) is 10.9. The summed E-state index contributed by atoms with van der Waals surface area (Å²) in [6.45, 7) is 6.97. The van der Waals surface area contributed by atoms with E-state index in [-0.39, 0.29) is 0 Å². The molecule has 1 aromatic rings. The van der Waals surface area contributed by atoms with E-state index in [1.165, 1.54) is 4.90 Å². The summed E-state index contributed by atoms with van der Waals surface area (Å²) in [5.41, 5.74) is 0. The predicted octanol–water partition coefficient (Wildman–Crippen LogP) is 3.09. The van der Waals surface area contributed by atoms with Crippen molar-refractivity contribution in [3.05, 3.63) is 30.3 Å². The molecule has 0 amide bonds. The van der Waals surface area contributed by atoms with E-state index in [9.17, 15) is 0 Å². The molecule has 0 heterocycles. The number of rotatable bonds is 8. The third-order valence-electron chi connectivity index (χ3n) is 2.53. The van der Waals surface area contributed by atoms with Gasteiger partial charge in [-0.3, -0.25) is 4.99 Å². The van der Waals surface area contributed by atoms with E-state index in [2.05, 4.69) is 60.0 Å². The molecule has 1 aromatic carbocycles. The zero-order valence-electron chi connectivity index (χ0n) is 12.6. The largest absolute Gasteiger partial charge is 0.357 e. The highest BCUT2D eigenvalue weighted by atomic mass is 32.2. The van der Waals surface area contributed by atoms with Crippen molar-refractivity contribution in [2.75, 3.05) is 31.6 Å². The summed E-state index contributed by atoms with van der Waals surface area (Å²) in [5, 5.41) is 7.10. The third kappa shape index (κ3) is 7.70. The summed E-state index contributed by atoms with van der Waals surface area (Å²) in [6, 6.07) is 10.5. The van der Waals surface area contributed by atoms with E-state index < -0.39 is 0 Å². The van der Waals surface area contributed by atoms with Gasteiger partial charge in [0.05, 0.1) is 6.54 Å². The summed E-state index contributed by atoms with van der Waals surface area (Å²) in [6.07, 6.45) is 2.12. The van der Waals surface area contributed by atoms with Gasteiger partial charge in [0, 0.05) is 29.0 Å². The molecular formula is C15H25N3S2. The number of nitrogens with one attached hydrogen (secondary N) is 2. The number of nitrogens with zero attached hydrogens (tertiary/aromatic N) is 1. The van der Waals surface area contributed by atoms with Gasteiger partial charge in [0.2, 0.25) is 0 Å². The van der Waals surface area contributed by atoms with Gasteiger partial charge < -0.3 is 10.6 Å². The first-order valence-electron chi connectivity index (χ1n) is 6.99. The third-order valence-corrected chi connectivity index (χ3v) is 4.24. The summed E-state index contributed by atoms with van der Waals surface area (Å²) in [4.78, 5) is 5.95. The molecule has 0 fully saturated rings. The first-order chi connectivity index (χ1) is 9.76. The van der Waals surface area contributed by atoms with Crippen LogP contribution in [0.4, 0.5) is 0 Å². The molecule has 0 radical (unpaired) electrons. The molecule has 0 saturated carbocycles. The second-order valence-corrected chi connectivity index (χ2v) is 6.88. The quantitative estimate of drug-likeness (QED) is 0.335. The van der Waals surface area contributed by atoms with E-state index in [0.717, 1.165) is 31.3 Å². The van der Waals surface area contributed by atoms with Crippen LogP contribution in [0.25, 0.3) is 0 Å². The first kappa shape index (κ1) is 17.2. The highest BCUT2D eigenvalue weighted by Gasteiger charge is 2.04. The van der Waals surface area contributed by atoms with Crippen molar-refractivity contribution in [3.63, 3.8) is 0 Å². The fourth-order valence-electron chi connectivity index (χ4n) is 1.60. The molecule has 0 saturated heterocycles. The van der Waals surface area contributed by atoms with Gasteiger partial charge in [-0.25, -0.2) is 0 Å². The van der Waals surface area contributed by atoms with Crippen LogP contribution in [0, 0.1) is 0 Å². The monoisotopic (exact) mass is 311 g/mol. The second-order valence-electron chi connectivity index (χ2n) is 4.38.